The van der Waals surface area contributed by atoms with Gasteiger partial charge in [0.1, 0.15) is 0 Å². The molecule has 112 valence electrons. The van der Waals surface area contributed by atoms with Gasteiger partial charge in [0.25, 0.3) is 0 Å². The maximum absolute atomic E-state index is 3.63. The average Bonchev–Trinajstić information content (AvgIpc) is 2.48. The molecule has 0 aliphatic rings. The van der Waals surface area contributed by atoms with Gasteiger partial charge in [-0.25, -0.2) is 0 Å². The lowest BCUT2D eigenvalue weighted by molar-refractivity contribution is 0.548. The monoisotopic (exact) mass is 299 g/mol. The van der Waals surface area contributed by atoms with Gasteiger partial charge < -0.3 is 5.32 Å². The van der Waals surface area contributed by atoms with Gasteiger partial charge in [0.15, 0.2) is 0 Å². The topological polar surface area (TPSA) is 12.0 Å². The Morgan fingerprint density at radius 3 is 1.95 bits per heavy atom. The van der Waals surface area contributed by atoms with Gasteiger partial charge in [-0.2, -0.15) is 0 Å². The Morgan fingerprint density at radius 1 is 0.905 bits per heavy atom. The molecule has 2 rings (SSSR count). The predicted octanol–water partition coefficient (Wildman–Crippen LogP) is 5.13. The lowest BCUT2D eigenvalue weighted by atomic mass is 10.0. The van der Waals surface area contributed by atoms with Crippen LogP contribution in [0.15, 0.2) is 53.4 Å². The summed E-state index contributed by atoms with van der Waals surface area (Å²) in [6.45, 7) is 9.72. The molecular weight excluding hydrogens is 274 g/mol. The smallest absolute Gasteiger partial charge is 0.0441 e. The summed E-state index contributed by atoms with van der Waals surface area (Å²) in [5.41, 5.74) is 4.00. The van der Waals surface area contributed by atoms with Crippen LogP contribution in [0.25, 0.3) is 0 Å². The van der Waals surface area contributed by atoms with E-state index in [0.29, 0.717) is 11.3 Å². The summed E-state index contributed by atoms with van der Waals surface area (Å²) in [7, 11) is 0. The zero-order valence-electron chi connectivity index (χ0n) is 13.4. The maximum atomic E-state index is 3.63. The van der Waals surface area contributed by atoms with E-state index >= 15 is 0 Å². The quantitative estimate of drug-likeness (QED) is 0.742. The van der Waals surface area contributed by atoms with E-state index in [-0.39, 0.29) is 0 Å². The van der Waals surface area contributed by atoms with E-state index in [4.69, 9.17) is 0 Å². The molecule has 0 amide bonds. The molecule has 0 aliphatic carbocycles. The SMILES string of the molecule is CCNC(c1ccc(C)cc1)C(C)Sc1ccc(C)cc1. The van der Waals surface area contributed by atoms with Crippen molar-refractivity contribution in [3.05, 3.63) is 65.2 Å². The molecule has 2 atom stereocenters. The third-order valence-corrected chi connectivity index (χ3v) is 4.86. The number of hydrogen-bond acceptors (Lipinski definition) is 2. The van der Waals surface area contributed by atoms with Crippen LogP contribution < -0.4 is 5.32 Å². The Bertz CT molecular complexity index is 545. The second-order valence-corrected chi connectivity index (χ2v) is 7.03. The number of benzene rings is 2. The second-order valence-electron chi connectivity index (χ2n) is 5.58. The first-order valence-electron chi connectivity index (χ1n) is 7.63. The molecule has 0 aliphatic heterocycles. The van der Waals surface area contributed by atoms with Crippen LogP contribution in [0.4, 0.5) is 0 Å². The van der Waals surface area contributed by atoms with Crippen LogP contribution >= 0.6 is 11.8 Å². The summed E-state index contributed by atoms with van der Waals surface area (Å²) in [5.74, 6) is 0. The van der Waals surface area contributed by atoms with E-state index in [1.54, 1.807) is 0 Å². The van der Waals surface area contributed by atoms with Crippen LogP contribution in [-0.2, 0) is 0 Å². The zero-order valence-corrected chi connectivity index (χ0v) is 14.2. The highest BCUT2D eigenvalue weighted by atomic mass is 32.2. The standard InChI is InChI=1S/C19H25NS/c1-5-20-19(17-10-6-14(2)7-11-17)16(4)21-18-12-8-15(3)9-13-18/h6-13,16,19-20H,5H2,1-4H3. The first-order valence-corrected chi connectivity index (χ1v) is 8.51. The van der Waals surface area contributed by atoms with E-state index in [0.717, 1.165) is 6.54 Å². The number of hydrogen-bond donors (Lipinski definition) is 1. The fourth-order valence-corrected chi connectivity index (χ4v) is 3.56. The molecule has 0 spiro atoms. The first-order chi connectivity index (χ1) is 10.1. The van der Waals surface area contributed by atoms with Crippen molar-refractivity contribution in [2.75, 3.05) is 6.54 Å². The number of thioether (sulfide) groups is 1. The summed E-state index contributed by atoms with van der Waals surface area (Å²) < 4.78 is 0. The van der Waals surface area contributed by atoms with Gasteiger partial charge in [0.2, 0.25) is 0 Å². The lowest BCUT2D eigenvalue weighted by Crippen LogP contribution is -2.28. The third-order valence-electron chi connectivity index (χ3n) is 3.67. The lowest BCUT2D eigenvalue weighted by Gasteiger charge is -2.25. The highest BCUT2D eigenvalue weighted by Gasteiger charge is 2.19. The molecule has 0 fully saturated rings. The van der Waals surface area contributed by atoms with E-state index in [1.807, 2.05) is 11.8 Å². The van der Waals surface area contributed by atoms with Crippen molar-refractivity contribution in [2.24, 2.45) is 0 Å². The van der Waals surface area contributed by atoms with Crippen molar-refractivity contribution in [3.8, 4) is 0 Å². The van der Waals surface area contributed by atoms with Gasteiger partial charge in [-0.3, -0.25) is 0 Å². The molecule has 21 heavy (non-hydrogen) atoms. The molecule has 1 nitrogen and oxygen atoms in total. The largest absolute Gasteiger partial charge is 0.309 e. The highest BCUT2D eigenvalue weighted by molar-refractivity contribution is 8.00. The molecule has 0 saturated heterocycles. The molecule has 2 heteroatoms. The van der Waals surface area contributed by atoms with Gasteiger partial charge in [0.05, 0.1) is 0 Å². The zero-order chi connectivity index (χ0) is 15.2. The van der Waals surface area contributed by atoms with Crippen LogP contribution in [0, 0.1) is 13.8 Å². The number of rotatable bonds is 6. The Kier molecular flexibility index (Phi) is 5.89. The summed E-state index contributed by atoms with van der Waals surface area (Å²) in [6.07, 6.45) is 0. The van der Waals surface area contributed by atoms with Gasteiger partial charge in [-0.05, 0) is 38.1 Å². The second kappa shape index (κ2) is 7.67. The van der Waals surface area contributed by atoms with Crippen molar-refractivity contribution in [3.63, 3.8) is 0 Å². The Labute approximate surface area is 133 Å². The fourth-order valence-electron chi connectivity index (χ4n) is 2.45. The molecule has 2 unspecified atom stereocenters. The molecule has 1 N–H and O–H groups in total. The predicted molar refractivity (Wildman–Crippen MR) is 94.1 cm³/mol. The fraction of sp³-hybridized carbons (Fsp3) is 0.368. The van der Waals surface area contributed by atoms with Gasteiger partial charge >= 0.3 is 0 Å². The molecule has 2 aromatic rings. The van der Waals surface area contributed by atoms with Gasteiger partial charge in [-0.15, -0.1) is 11.8 Å². The Morgan fingerprint density at radius 2 is 1.43 bits per heavy atom. The van der Waals surface area contributed by atoms with E-state index < -0.39 is 0 Å². The van der Waals surface area contributed by atoms with E-state index in [1.165, 1.54) is 21.6 Å². The minimum Gasteiger partial charge on any atom is -0.309 e. The van der Waals surface area contributed by atoms with Crippen molar-refractivity contribution in [1.29, 1.82) is 0 Å². The molecule has 0 heterocycles. The van der Waals surface area contributed by atoms with Gasteiger partial charge in [0, 0.05) is 16.2 Å². The molecule has 2 aromatic carbocycles. The van der Waals surface area contributed by atoms with Crippen molar-refractivity contribution < 1.29 is 0 Å². The average molecular weight is 299 g/mol. The number of aryl methyl sites for hydroxylation is 2. The van der Waals surface area contributed by atoms with Crippen molar-refractivity contribution in [1.82, 2.24) is 5.32 Å². The summed E-state index contributed by atoms with van der Waals surface area (Å²) >= 11 is 1.94. The first kappa shape index (κ1) is 16.1. The normalized spacial score (nSPS) is 13.9. The minimum absolute atomic E-state index is 0.377. The van der Waals surface area contributed by atoms with Crippen molar-refractivity contribution >= 4 is 11.8 Å². The third kappa shape index (κ3) is 4.62. The number of nitrogens with one attached hydrogen (secondary N) is 1. The molecule has 0 saturated carbocycles. The maximum Gasteiger partial charge on any atom is 0.0441 e. The van der Waals surface area contributed by atoms with E-state index in [2.05, 4.69) is 81.5 Å². The molecule has 0 radical (unpaired) electrons. The van der Waals surface area contributed by atoms with Crippen LogP contribution in [0.5, 0.6) is 0 Å². The summed E-state index contributed by atoms with van der Waals surface area (Å²) in [4.78, 5) is 1.34. The van der Waals surface area contributed by atoms with E-state index in [9.17, 15) is 0 Å². The summed E-state index contributed by atoms with van der Waals surface area (Å²) in [5, 5.41) is 4.11. The minimum atomic E-state index is 0.377. The Balaban J connectivity index is 2.13. The molecular formula is C19H25NS. The van der Waals surface area contributed by atoms with Gasteiger partial charge in [-0.1, -0.05) is 61.4 Å². The van der Waals surface area contributed by atoms with Crippen LogP contribution in [0.2, 0.25) is 0 Å². The Hall–Kier alpha value is -1.25. The highest BCUT2D eigenvalue weighted by Crippen LogP contribution is 2.32. The summed E-state index contributed by atoms with van der Waals surface area (Å²) in [6, 6.07) is 18.1. The van der Waals surface area contributed by atoms with Crippen molar-refractivity contribution in [2.45, 2.75) is 43.9 Å². The van der Waals surface area contributed by atoms with Crippen LogP contribution in [0.1, 0.15) is 36.6 Å². The molecule has 0 aromatic heterocycles. The van der Waals surface area contributed by atoms with Crippen LogP contribution in [0.3, 0.4) is 0 Å². The molecule has 0 bridgehead atoms. The van der Waals surface area contributed by atoms with Crippen LogP contribution in [-0.4, -0.2) is 11.8 Å².